The maximum atomic E-state index is 5.30. The molecule has 2 aromatic rings. The van der Waals surface area contributed by atoms with Crippen molar-refractivity contribution in [1.82, 2.24) is 0 Å². The number of rotatable bonds is 4. The summed E-state index contributed by atoms with van der Waals surface area (Å²) >= 11 is 0. The summed E-state index contributed by atoms with van der Waals surface area (Å²) < 4.78 is 0. The van der Waals surface area contributed by atoms with Crippen LogP contribution in [0.25, 0.3) is 0 Å². The summed E-state index contributed by atoms with van der Waals surface area (Å²) in [5, 5.41) is 6.89. The van der Waals surface area contributed by atoms with Gasteiger partial charge in [-0.25, -0.2) is 0 Å². The van der Waals surface area contributed by atoms with E-state index >= 15 is 0 Å². The fraction of sp³-hybridized carbons (Fsp3) is 0.440. The van der Waals surface area contributed by atoms with Crippen molar-refractivity contribution in [2.24, 2.45) is 0 Å². The summed E-state index contributed by atoms with van der Waals surface area (Å²) in [6.45, 7) is 15.1. The molecule has 2 N–H and O–H groups in total. The highest BCUT2D eigenvalue weighted by molar-refractivity contribution is 5.52. The van der Waals surface area contributed by atoms with Gasteiger partial charge in [0, 0.05) is 28.0 Å². The molecule has 2 nitrogen and oxygen atoms in total. The van der Waals surface area contributed by atoms with Crippen molar-refractivity contribution in [1.29, 1.82) is 0 Å². The topological polar surface area (TPSA) is 24.1 Å². The van der Waals surface area contributed by atoms with Crippen molar-refractivity contribution in [3.63, 3.8) is 0 Å². The number of benzene rings is 2. The molecule has 0 spiro atoms. The molecule has 0 aliphatic carbocycles. The van der Waals surface area contributed by atoms with E-state index in [1.54, 1.807) is 0 Å². The van der Waals surface area contributed by atoms with Crippen LogP contribution in [-0.4, -0.2) is 11.1 Å². The van der Waals surface area contributed by atoms with Gasteiger partial charge in [-0.1, -0.05) is 43.5 Å². The van der Waals surface area contributed by atoms with Crippen LogP contribution in [-0.2, 0) is 6.42 Å². The Morgan fingerprint density at radius 3 is 2.04 bits per heavy atom. The zero-order valence-electron chi connectivity index (χ0n) is 18.1. The van der Waals surface area contributed by atoms with Gasteiger partial charge < -0.3 is 10.6 Å². The molecule has 0 aliphatic rings. The number of anilines is 2. The van der Waals surface area contributed by atoms with E-state index in [9.17, 15) is 0 Å². The van der Waals surface area contributed by atoms with Crippen molar-refractivity contribution in [3.05, 3.63) is 59.7 Å². The third-order valence-electron chi connectivity index (χ3n) is 3.59. The van der Waals surface area contributed by atoms with Crippen molar-refractivity contribution in [2.75, 3.05) is 10.6 Å². The van der Waals surface area contributed by atoms with Crippen molar-refractivity contribution in [3.8, 4) is 12.3 Å². The molecule has 0 aliphatic heterocycles. The molecule has 0 heterocycles. The largest absolute Gasteiger partial charge is 0.380 e. The third kappa shape index (κ3) is 9.75. The molecule has 146 valence electrons. The van der Waals surface area contributed by atoms with Gasteiger partial charge in [-0.3, -0.25) is 0 Å². The number of terminal acetylenes is 1. The second kappa shape index (κ2) is 10.1. The molecule has 0 atom stereocenters. The lowest BCUT2D eigenvalue weighted by Gasteiger charge is -2.24. The Hall–Kier alpha value is -2.40. The highest BCUT2D eigenvalue weighted by Crippen LogP contribution is 2.20. The minimum Gasteiger partial charge on any atom is -0.380 e. The maximum absolute atomic E-state index is 5.30. The van der Waals surface area contributed by atoms with E-state index in [-0.39, 0.29) is 11.1 Å². The van der Waals surface area contributed by atoms with Crippen LogP contribution < -0.4 is 10.6 Å². The first kappa shape index (κ1) is 22.6. The first-order chi connectivity index (χ1) is 12.5. The summed E-state index contributed by atoms with van der Waals surface area (Å²) in [4.78, 5) is 0. The molecule has 0 bridgehead atoms. The summed E-state index contributed by atoms with van der Waals surface area (Å²) in [6, 6.07) is 16.5. The number of hydrogen-bond acceptors (Lipinski definition) is 2. The zero-order valence-corrected chi connectivity index (χ0v) is 18.1. The minimum atomic E-state index is 0.0766. The average molecular weight is 365 g/mol. The molecule has 0 unspecified atom stereocenters. The predicted octanol–water partition coefficient (Wildman–Crippen LogP) is 6.73. The number of hydrogen-bond donors (Lipinski definition) is 2. The summed E-state index contributed by atoms with van der Waals surface area (Å²) in [5.41, 5.74) is 4.90. The Balaban J connectivity index is 0.000000271. The molecule has 2 heteroatoms. The molecule has 27 heavy (non-hydrogen) atoms. The third-order valence-corrected chi connectivity index (χ3v) is 3.59. The van der Waals surface area contributed by atoms with Gasteiger partial charge in [-0.2, -0.15) is 0 Å². The quantitative estimate of drug-likeness (QED) is 0.588. The summed E-state index contributed by atoms with van der Waals surface area (Å²) in [6.07, 6.45) is 7.65. The van der Waals surface area contributed by atoms with Crippen LogP contribution in [0.1, 0.15) is 66.0 Å². The van der Waals surface area contributed by atoms with Crippen LogP contribution in [0.4, 0.5) is 11.4 Å². The highest BCUT2D eigenvalue weighted by Gasteiger charge is 2.11. The Kier molecular flexibility index (Phi) is 8.44. The van der Waals surface area contributed by atoms with Gasteiger partial charge in [0.15, 0.2) is 0 Å². The fourth-order valence-electron chi connectivity index (χ4n) is 2.65. The lowest BCUT2D eigenvalue weighted by atomic mass is 10.0. The van der Waals surface area contributed by atoms with E-state index in [1.165, 1.54) is 17.7 Å². The standard InChI is InChI=1S/C13H21N.C12H15N/c1-5-8-11-9-6-7-10-12(11)14-13(2,3)4;1-5-10-7-6-8-11(9-10)13-12(2,3)4/h6-7,9-10,14H,5,8H2,1-4H3;1,6-9,13H,2-4H3. The van der Waals surface area contributed by atoms with Gasteiger partial charge in [-0.15, -0.1) is 6.42 Å². The van der Waals surface area contributed by atoms with E-state index in [4.69, 9.17) is 6.42 Å². The number of nitrogens with one attached hydrogen (secondary N) is 2. The van der Waals surface area contributed by atoms with Gasteiger partial charge in [0.2, 0.25) is 0 Å². The summed E-state index contributed by atoms with van der Waals surface area (Å²) in [5.74, 6) is 2.61. The molecule has 0 saturated carbocycles. The van der Waals surface area contributed by atoms with Crippen molar-refractivity contribution in [2.45, 2.75) is 72.4 Å². The van der Waals surface area contributed by atoms with Crippen LogP contribution in [0.5, 0.6) is 0 Å². The molecule has 0 amide bonds. The van der Waals surface area contributed by atoms with E-state index in [1.807, 2.05) is 24.3 Å². The first-order valence-electron chi connectivity index (χ1n) is 9.75. The smallest absolute Gasteiger partial charge is 0.0376 e. The average Bonchev–Trinajstić information content (AvgIpc) is 2.55. The number of aryl methyl sites for hydroxylation is 1. The van der Waals surface area contributed by atoms with Crippen molar-refractivity contribution >= 4 is 11.4 Å². The molecule has 2 aromatic carbocycles. The minimum absolute atomic E-state index is 0.0766. The van der Waals surface area contributed by atoms with Gasteiger partial charge in [0.05, 0.1) is 0 Å². The maximum Gasteiger partial charge on any atom is 0.0376 e. The molecule has 2 rings (SSSR count). The van der Waals surface area contributed by atoms with E-state index in [0.29, 0.717) is 0 Å². The molecular weight excluding hydrogens is 328 g/mol. The van der Waals surface area contributed by atoms with E-state index < -0.39 is 0 Å². The normalized spacial score (nSPS) is 11.0. The van der Waals surface area contributed by atoms with Gasteiger partial charge in [-0.05, 0) is 77.8 Å². The van der Waals surface area contributed by atoms with Crippen LogP contribution in [0, 0.1) is 12.3 Å². The first-order valence-corrected chi connectivity index (χ1v) is 9.75. The lowest BCUT2D eigenvalue weighted by Crippen LogP contribution is -2.26. The number of para-hydroxylation sites is 1. The van der Waals surface area contributed by atoms with Crippen LogP contribution in [0.3, 0.4) is 0 Å². The van der Waals surface area contributed by atoms with E-state index in [0.717, 1.165) is 17.7 Å². The second-order valence-corrected chi connectivity index (χ2v) is 8.88. The SMILES string of the molecule is C#Cc1cccc(NC(C)(C)C)c1.CCCc1ccccc1NC(C)(C)C. The Morgan fingerprint density at radius 1 is 0.852 bits per heavy atom. The fourth-order valence-corrected chi connectivity index (χ4v) is 2.65. The Bertz CT molecular complexity index is 740. The van der Waals surface area contributed by atoms with Crippen LogP contribution >= 0.6 is 0 Å². The highest BCUT2D eigenvalue weighted by atomic mass is 15.0. The summed E-state index contributed by atoms with van der Waals surface area (Å²) in [7, 11) is 0. The molecule has 0 aromatic heterocycles. The molecular formula is C25H36N2. The monoisotopic (exact) mass is 364 g/mol. The Labute approximate surface area is 166 Å². The van der Waals surface area contributed by atoms with Gasteiger partial charge in [0.25, 0.3) is 0 Å². The van der Waals surface area contributed by atoms with Gasteiger partial charge in [0.1, 0.15) is 0 Å². The van der Waals surface area contributed by atoms with Crippen LogP contribution in [0.15, 0.2) is 48.5 Å². The zero-order chi connectivity index (χ0) is 20.5. The van der Waals surface area contributed by atoms with Crippen LogP contribution in [0.2, 0.25) is 0 Å². The second-order valence-electron chi connectivity index (χ2n) is 8.88. The Morgan fingerprint density at radius 2 is 1.48 bits per heavy atom. The van der Waals surface area contributed by atoms with Crippen molar-refractivity contribution < 1.29 is 0 Å². The lowest BCUT2D eigenvalue weighted by molar-refractivity contribution is 0.632. The molecule has 0 saturated heterocycles. The predicted molar refractivity (Wildman–Crippen MR) is 122 cm³/mol. The van der Waals surface area contributed by atoms with Gasteiger partial charge >= 0.3 is 0 Å². The van der Waals surface area contributed by atoms with E-state index in [2.05, 4.69) is 89.3 Å². The molecule has 0 fully saturated rings. The molecule has 0 radical (unpaired) electrons.